The van der Waals surface area contributed by atoms with Gasteiger partial charge in [0.25, 0.3) is 0 Å². The van der Waals surface area contributed by atoms with Gasteiger partial charge in [0.2, 0.25) is 0 Å². The fraction of sp³-hybridized carbons (Fsp3) is 0.818. The Kier molecular flexibility index (Phi) is 2.11. The molecule has 0 aromatic carbocycles. The highest BCUT2D eigenvalue weighted by Gasteiger charge is 2.42. The minimum Gasteiger partial charge on any atom is -0.374 e. The Morgan fingerprint density at radius 3 is 2.69 bits per heavy atom. The Labute approximate surface area is 81.2 Å². The van der Waals surface area contributed by atoms with Gasteiger partial charge in [0.05, 0.1) is 0 Å². The fourth-order valence-corrected chi connectivity index (χ4v) is 2.83. The Balaban J connectivity index is 2.13. The summed E-state index contributed by atoms with van der Waals surface area (Å²) in [6.45, 7) is 9.97. The standard InChI is InChI=1S/C11H20N2/c1-8(2)13-6-5-10-11(13)7-9(3)12(10)4/h8,10-11H,3,5-7H2,1-2,4H3/t10?,11-/m0/s1. The summed E-state index contributed by atoms with van der Waals surface area (Å²) < 4.78 is 0. The summed E-state index contributed by atoms with van der Waals surface area (Å²) in [6.07, 6.45) is 2.50. The van der Waals surface area contributed by atoms with Crippen LogP contribution in [0.2, 0.25) is 0 Å². The second-order valence-corrected chi connectivity index (χ2v) is 4.64. The summed E-state index contributed by atoms with van der Waals surface area (Å²) in [5.41, 5.74) is 1.32. The third kappa shape index (κ3) is 1.28. The van der Waals surface area contributed by atoms with Gasteiger partial charge in [0.1, 0.15) is 0 Å². The topological polar surface area (TPSA) is 6.48 Å². The van der Waals surface area contributed by atoms with Gasteiger partial charge in [-0.1, -0.05) is 6.58 Å². The van der Waals surface area contributed by atoms with E-state index in [2.05, 4.69) is 37.3 Å². The van der Waals surface area contributed by atoms with Crippen molar-refractivity contribution in [1.29, 1.82) is 0 Å². The van der Waals surface area contributed by atoms with Crippen molar-refractivity contribution in [2.75, 3.05) is 13.6 Å². The maximum absolute atomic E-state index is 4.11. The first-order valence-corrected chi connectivity index (χ1v) is 5.27. The molecule has 13 heavy (non-hydrogen) atoms. The van der Waals surface area contributed by atoms with Crippen molar-refractivity contribution in [3.05, 3.63) is 12.3 Å². The van der Waals surface area contributed by atoms with Crippen LogP contribution >= 0.6 is 0 Å². The molecule has 0 radical (unpaired) electrons. The lowest BCUT2D eigenvalue weighted by Gasteiger charge is -2.27. The lowest BCUT2D eigenvalue weighted by Crippen LogP contribution is -2.38. The maximum Gasteiger partial charge on any atom is 0.0455 e. The summed E-state index contributed by atoms with van der Waals surface area (Å²) in [7, 11) is 2.19. The Morgan fingerprint density at radius 1 is 1.38 bits per heavy atom. The first-order chi connectivity index (χ1) is 6.11. The number of rotatable bonds is 1. The number of likely N-dealkylation sites (tertiary alicyclic amines) is 2. The van der Waals surface area contributed by atoms with Gasteiger partial charge in [0, 0.05) is 43.8 Å². The fourth-order valence-electron chi connectivity index (χ4n) is 2.83. The SMILES string of the molecule is C=C1C[C@H]2C(CCN2C(C)C)N1C. The molecule has 0 amide bonds. The van der Waals surface area contributed by atoms with E-state index >= 15 is 0 Å². The van der Waals surface area contributed by atoms with Crippen molar-refractivity contribution < 1.29 is 0 Å². The average molecular weight is 180 g/mol. The second-order valence-electron chi connectivity index (χ2n) is 4.64. The number of hydrogen-bond acceptors (Lipinski definition) is 2. The van der Waals surface area contributed by atoms with Crippen LogP contribution in [0, 0.1) is 0 Å². The number of fused-ring (bicyclic) bond motifs is 1. The van der Waals surface area contributed by atoms with Gasteiger partial charge in [-0.2, -0.15) is 0 Å². The van der Waals surface area contributed by atoms with Crippen LogP contribution in [-0.4, -0.2) is 41.5 Å². The van der Waals surface area contributed by atoms with E-state index in [1.807, 2.05) is 0 Å². The van der Waals surface area contributed by atoms with Crippen molar-refractivity contribution in [2.45, 2.75) is 44.8 Å². The second kappa shape index (κ2) is 3.02. The van der Waals surface area contributed by atoms with Crippen LogP contribution in [-0.2, 0) is 0 Å². The van der Waals surface area contributed by atoms with Gasteiger partial charge in [0.15, 0.2) is 0 Å². The van der Waals surface area contributed by atoms with Crippen LogP contribution in [0.25, 0.3) is 0 Å². The van der Waals surface area contributed by atoms with Gasteiger partial charge in [-0.3, -0.25) is 4.90 Å². The van der Waals surface area contributed by atoms with Gasteiger partial charge in [-0.15, -0.1) is 0 Å². The van der Waals surface area contributed by atoms with Crippen LogP contribution in [0.5, 0.6) is 0 Å². The van der Waals surface area contributed by atoms with Gasteiger partial charge >= 0.3 is 0 Å². The van der Waals surface area contributed by atoms with Crippen LogP contribution < -0.4 is 0 Å². The monoisotopic (exact) mass is 180 g/mol. The largest absolute Gasteiger partial charge is 0.374 e. The predicted octanol–water partition coefficient (Wildman–Crippen LogP) is 1.69. The van der Waals surface area contributed by atoms with Crippen LogP contribution in [0.3, 0.4) is 0 Å². The molecule has 2 atom stereocenters. The van der Waals surface area contributed by atoms with E-state index in [0.717, 1.165) is 12.1 Å². The molecule has 2 saturated heterocycles. The molecule has 2 heteroatoms. The quantitative estimate of drug-likeness (QED) is 0.606. The van der Waals surface area contributed by atoms with Crippen molar-refractivity contribution in [1.82, 2.24) is 9.80 Å². The molecule has 0 aromatic heterocycles. The molecule has 0 N–H and O–H groups in total. The molecule has 2 fully saturated rings. The number of nitrogens with zero attached hydrogens (tertiary/aromatic N) is 2. The molecule has 2 nitrogen and oxygen atoms in total. The first kappa shape index (κ1) is 9.07. The first-order valence-electron chi connectivity index (χ1n) is 5.27. The van der Waals surface area contributed by atoms with Crippen molar-refractivity contribution in [3.8, 4) is 0 Å². The van der Waals surface area contributed by atoms with E-state index in [0.29, 0.717) is 6.04 Å². The van der Waals surface area contributed by atoms with Crippen molar-refractivity contribution in [3.63, 3.8) is 0 Å². The highest BCUT2D eigenvalue weighted by Crippen LogP contribution is 2.36. The molecular formula is C11H20N2. The average Bonchev–Trinajstić information content (AvgIpc) is 2.55. The zero-order chi connectivity index (χ0) is 9.59. The summed E-state index contributed by atoms with van der Waals surface area (Å²) in [4.78, 5) is 5.01. The molecule has 74 valence electrons. The summed E-state index contributed by atoms with van der Waals surface area (Å²) >= 11 is 0. The van der Waals surface area contributed by atoms with Gasteiger partial charge in [-0.25, -0.2) is 0 Å². The highest BCUT2D eigenvalue weighted by molar-refractivity contribution is 5.13. The number of likely N-dealkylation sites (N-methyl/N-ethyl adjacent to an activating group) is 1. The Hall–Kier alpha value is -0.500. The van der Waals surface area contributed by atoms with Crippen LogP contribution in [0.4, 0.5) is 0 Å². The normalized spacial score (nSPS) is 34.8. The Morgan fingerprint density at radius 2 is 2.08 bits per heavy atom. The molecule has 0 aliphatic carbocycles. The molecule has 0 spiro atoms. The van der Waals surface area contributed by atoms with Gasteiger partial charge in [-0.05, 0) is 20.3 Å². The summed E-state index contributed by atoms with van der Waals surface area (Å²) in [6, 6.07) is 2.18. The third-order valence-electron chi connectivity index (χ3n) is 3.66. The molecule has 2 aliphatic heterocycles. The van der Waals surface area contributed by atoms with E-state index in [-0.39, 0.29) is 0 Å². The lowest BCUT2D eigenvalue weighted by molar-refractivity contribution is 0.196. The van der Waals surface area contributed by atoms with Crippen LogP contribution in [0.1, 0.15) is 26.7 Å². The smallest absolute Gasteiger partial charge is 0.0455 e. The van der Waals surface area contributed by atoms with E-state index < -0.39 is 0 Å². The summed E-state index contributed by atoms with van der Waals surface area (Å²) in [5, 5.41) is 0. The summed E-state index contributed by atoms with van der Waals surface area (Å²) in [5.74, 6) is 0. The van der Waals surface area contributed by atoms with Crippen molar-refractivity contribution in [2.24, 2.45) is 0 Å². The molecule has 0 bridgehead atoms. The molecule has 2 rings (SSSR count). The zero-order valence-electron chi connectivity index (χ0n) is 8.95. The van der Waals surface area contributed by atoms with E-state index in [1.165, 1.54) is 25.1 Å². The van der Waals surface area contributed by atoms with E-state index in [4.69, 9.17) is 0 Å². The molecule has 0 saturated carbocycles. The van der Waals surface area contributed by atoms with Crippen molar-refractivity contribution >= 4 is 0 Å². The third-order valence-corrected chi connectivity index (χ3v) is 3.66. The number of hydrogen-bond donors (Lipinski definition) is 0. The highest BCUT2D eigenvalue weighted by atomic mass is 15.3. The molecule has 2 heterocycles. The molecular weight excluding hydrogens is 160 g/mol. The molecule has 2 aliphatic rings. The molecule has 0 aromatic rings. The predicted molar refractivity (Wildman–Crippen MR) is 55.6 cm³/mol. The Bertz CT molecular complexity index is 222. The maximum atomic E-state index is 4.11. The zero-order valence-corrected chi connectivity index (χ0v) is 8.95. The van der Waals surface area contributed by atoms with Gasteiger partial charge < -0.3 is 4.90 Å². The minimum atomic E-state index is 0.689. The van der Waals surface area contributed by atoms with Crippen LogP contribution in [0.15, 0.2) is 12.3 Å². The van der Waals surface area contributed by atoms with E-state index in [9.17, 15) is 0 Å². The minimum absolute atomic E-state index is 0.689. The molecule has 1 unspecified atom stereocenters. The van der Waals surface area contributed by atoms with E-state index in [1.54, 1.807) is 0 Å². The lowest BCUT2D eigenvalue weighted by atomic mass is 10.1.